The molecule has 0 saturated carbocycles. The number of hydrogen-bond donors (Lipinski definition) is 1. The van der Waals surface area contributed by atoms with Crippen LogP contribution in [0.2, 0.25) is 0 Å². The zero-order valence-electron chi connectivity index (χ0n) is 14.0. The first-order chi connectivity index (χ1) is 12.4. The maximum Gasteiger partial charge on any atom is 0.243 e. The fourth-order valence-corrected chi connectivity index (χ4v) is 5.12. The molecule has 1 aliphatic rings. The van der Waals surface area contributed by atoms with Gasteiger partial charge in [0.15, 0.2) is 0 Å². The Kier molecular flexibility index (Phi) is 4.04. The first-order valence-corrected chi connectivity index (χ1v) is 9.73. The Morgan fingerprint density at radius 2 is 2.00 bits per heavy atom. The third-order valence-corrected chi connectivity index (χ3v) is 6.62. The summed E-state index contributed by atoms with van der Waals surface area (Å²) in [7, 11) is -3.79. The minimum absolute atomic E-state index is 0.0606. The minimum Gasteiger partial charge on any atom is -0.341 e. The lowest BCUT2D eigenvalue weighted by molar-refractivity contribution is 0.385. The Labute approximate surface area is 149 Å². The van der Waals surface area contributed by atoms with Crippen molar-refractivity contribution in [3.8, 4) is 0 Å². The summed E-state index contributed by atoms with van der Waals surface area (Å²) in [4.78, 5) is 7.53. The summed E-state index contributed by atoms with van der Waals surface area (Å²) in [6.45, 7) is 1.89. The largest absolute Gasteiger partial charge is 0.341 e. The number of nitrogens with one attached hydrogen (secondary N) is 1. The lowest BCUT2D eigenvalue weighted by atomic mass is 10.2. The standard InChI is InChI=1S/C18H17F2N3O2S/c1-11-9-13(5-6-14(11)20)26(24,25)23-8-2-3-17(23)18-21-15-7-4-12(19)10-16(15)22-18/h4-7,9-10,17H,2-3,8H2,1H3,(H,21,22). The summed E-state index contributed by atoms with van der Waals surface area (Å²) in [6.07, 6.45) is 1.30. The van der Waals surface area contributed by atoms with Crippen LogP contribution in [-0.4, -0.2) is 29.2 Å². The monoisotopic (exact) mass is 377 g/mol. The molecule has 1 saturated heterocycles. The topological polar surface area (TPSA) is 66.1 Å². The number of hydrogen-bond acceptors (Lipinski definition) is 3. The van der Waals surface area contributed by atoms with Crippen molar-refractivity contribution in [3.05, 3.63) is 59.4 Å². The molecule has 1 atom stereocenters. The normalized spacial score (nSPS) is 18.7. The minimum atomic E-state index is -3.79. The molecular weight excluding hydrogens is 360 g/mol. The molecule has 1 aliphatic heterocycles. The number of imidazole rings is 1. The van der Waals surface area contributed by atoms with E-state index in [9.17, 15) is 17.2 Å². The van der Waals surface area contributed by atoms with E-state index >= 15 is 0 Å². The molecule has 2 aromatic carbocycles. The van der Waals surface area contributed by atoms with Gasteiger partial charge in [0, 0.05) is 6.54 Å². The molecule has 3 aromatic rings. The summed E-state index contributed by atoms with van der Waals surface area (Å²) in [5.74, 6) is -0.336. The number of aromatic amines is 1. The highest BCUT2D eigenvalue weighted by Crippen LogP contribution is 2.36. The lowest BCUT2D eigenvalue weighted by Crippen LogP contribution is -2.31. The molecule has 0 aliphatic carbocycles. The zero-order valence-corrected chi connectivity index (χ0v) is 14.9. The average Bonchev–Trinajstić information content (AvgIpc) is 3.23. The van der Waals surface area contributed by atoms with Crippen LogP contribution in [-0.2, 0) is 10.0 Å². The van der Waals surface area contributed by atoms with Crippen LogP contribution in [0, 0.1) is 18.6 Å². The first-order valence-electron chi connectivity index (χ1n) is 8.29. The van der Waals surface area contributed by atoms with Crippen LogP contribution < -0.4 is 0 Å². The predicted octanol–water partition coefficient (Wildman–Crippen LogP) is 3.68. The second-order valence-corrected chi connectivity index (χ2v) is 8.36. The molecule has 0 amide bonds. The Bertz CT molecular complexity index is 1100. The van der Waals surface area contributed by atoms with E-state index in [1.165, 1.54) is 35.5 Å². The molecule has 26 heavy (non-hydrogen) atoms. The van der Waals surface area contributed by atoms with E-state index in [-0.39, 0.29) is 16.3 Å². The fraction of sp³-hybridized carbons (Fsp3) is 0.278. The van der Waals surface area contributed by atoms with Crippen molar-refractivity contribution in [2.45, 2.75) is 30.7 Å². The number of aryl methyl sites for hydroxylation is 1. The van der Waals surface area contributed by atoms with Gasteiger partial charge in [0.25, 0.3) is 0 Å². The van der Waals surface area contributed by atoms with Crippen molar-refractivity contribution < 1.29 is 17.2 Å². The summed E-state index contributed by atoms with van der Waals surface area (Å²) < 4.78 is 54.4. The van der Waals surface area contributed by atoms with Crippen LogP contribution in [0.4, 0.5) is 8.78 Å². The molecule has 0 bridgehead atoms. The van der Waals surface area contributed by atoms with Gasteiger partial charge in [-0.1, -0.05) is 0 Å². The highest BCUT2D eigenvalue weighted by molar-refractivity contribution is 7.89. The Morgan fingerprint density at radius 1 is 1.19 bits per heavy atom. The van der Waals surface area contributed by atoms with Crippen molar-refractivity contribution in [2.75, 3.05) is 6.54 Å². The molecule has 4 rings (SSSR count). The van der Waals surface area contributed by atoms with Gasteiger partial charge in [-0.3, -0.25) is 0 Å². The maximum absolute atomic E-state index is 13.5. The van der Waals surface area contributed by atoms with Crippen LogP contribution >= 0.6 is 0 Å². The summed E-state index contributed by atoms with van der Waals surface area (Å²) in [5.41, 5.74) is 1.39. The van der Waals surface area contributed by atoms with Gasteiger partial charge >= 0.3 is 0 Å². The van der Waals surface area contributed by atoms with E-state index in [1.54, 1.807) is 6.07 Å². The molecule has 8 heteroatoms. The third-order valence-electron chi connectivity index (χ3n) is 4.72. The number of rotatable bonds is 3. The van der Waals surface area contributed by atoms with Gasteiger partial charge in [0.2, 0.25) is 10.0 Å². The first kappa shape index (κ1) is 17.1. The highest BCUT2D eigenvalue weighted by atomic mass is 32.2. The van der Waals surface area contributed by atoms with Gasteiger partial charge in [-0.25, -0.2) is 22.2 Å². The third kappa shape index (κ3) is 2.79. The van der Waals surface area contributed by atoms with E-state index in [4.69, 9.17) is 0 Å². The van der Waals surface area contributed by atoms with Crippen LogP contribution in [0.25, 0.3) is 11.0 Å². The number of H-pyrrole nitrogens is 1. The van der Waals surface area contributed by atoms with Crippen molar-refractivity contribution in [2.24, 2.45) is 0 Å². The highest BCUT2D eigenvalue weighted by Gasteiger charge is 2.38. The molecule has 1 unspecified atom stereocenters. The van der Waals surface area contributed by atoms with E-state index < -0.39 is 21.9 Å². The van der Waals surface area contributed by atoms with Crippen molar-refractivity contribution in [3.63, 3.8) is 0 Å². The summed E-state index contributed by atoms with van der Waals surface area (Å²) >= 11 is 0. The smallest absolute Gasteiger partial charge is 0.243 e. The van der Waals surface area contributed by atoms with Gasteiger partial charge in [-0.15, -0.1) is 0 Å². The molecule has 2 heterocycles. The zero-order chi connectivity index (χ0) is 18.5. The molecular formula is C18H17F2N3O2S. The van der Waals surface area contributed by atoms with Gasteiger partial charge in [-0.2, -0.15) is 4.31 Å². The maximum atomic E-state index is 13.5. The van der Waals surface area contributed by atoms with Gasteiger partial charge in [0.05, 0.1) is 22.0 Å². The quantitative estimate of drug-likeness (QED) is 0.757. The van der Waals surface area contributed by atoms with Crippen LogP contribution in [0.1, 0.15) is 30.3 Å². The van der Waals surface area contributed by atoms with Gasteiger partial charge in [-0.05, 0) is 61.7 Å². The average molecular weight is 377 g/mol. The Morgan fingerprint density at radius 3 is 2.77 bits per heavy atom. The van der Waals surface area contributed by atoms with Gasteiger partial charge in [0.1, 0.15) is 17.5 Å². The predicted molar refractivity (Wildman–Crippen MR) is 93.1 cm³/mol. The Hall–Kier alpha value is -2.32. The van der Waals surface area contributed by atoms with E-state index in [2.05, 4.69) is 9.97 Å². The van der Waals surface area contributed by atoms with Crippen LogP contribution in [0.15, 0.2) is 41.3 Å². The molecule has 1 N–H and O–H groups in total. The second kappa shape index (κ2) is 6.14. The number of aromatic nitrogens is 2. The molecule has 5 nitrogen and oxygen atoms in total. The van der Waals surface area contributed by atoms with E-state index in [0.29, 0.717) is 36.2 Å². The SMILES string of the molecule is Cc1cc(S(=O)(=O)N2CCCC2c2nc3ccc(F)cc3[nH]2)ccc1F. The molecule has 1 aromatic heterocycles. The molecule has 0 radical (unpaired) electrons. The molecule has 1 fully saturated rings. The van der Waals surface area contributed by atoms with Gasteiger partial charge < -0.3 is 4.98 Å². The summed E-state index contributed by atoms with van der Waals surface area (Å²) in [6, 6.07) is 7.54. The number of nitrogens with zero attached hydrogens (tertiary/aromatic N) is 2. The number of benzene rings is 2. The number of fused-ring (bicyclic) bond motifs is 1. The van der Waals surface area contributed by atoms with Crippen molar-refractivity contribution >= 4 is 21.1 Å². The number of sulfonamides is 1. The fourth-order valence-electron chi connectivity index (χ4n) is 3.37. The van der Waals surface area contributed by atoms with E-state index in [0.717, 1.165) is 6.07 Å². The van der Waals surface area contributed by atoms with Crippen LogP contribution in [0.3, 0.4) is 0 Å². The second-order valence-electron chi connectivity index (χ2n) is 6.47. The summed E-state index contributed by atoms with van der Waals surface area (Å²) in [5, 5.41) is 0. The Balaban J connectivity index is 1.74. The van der Waals surface area contributed by atoms with Crippen molar-refractivity contribution in [1.82, 2.24) is 14.3 Å². The van der Waals surface area contributed by atoms with Crippen LogP contribution in [0.5, 0.6) is 0 Å². The molecule has 136 valence electrons. The van der Waals surface area contributed by atoms with E-state index in [1.807, 2.05) is 0 Å². The number of halogens is 2. The lowest BCUT2D eigenvalue weighted by Gasteiger charge is -2.22. The van der Waals surface area contributed by atoms with Crippen molar-refractivity contribution in [1.29, 1.82) is 0 Å². The molecule has 0 spiro atoms.